The van der Waals surface area contributed by atoms with E-state index < -0.39 is 23.1 Å². The molecule has 2 spiro atoms. The van der Waals surface area contributed by atoms with Crippen molar-refractivity contribution in [1.29, 1.82) is 10.5 Å². The van der Waals surface area contributed by atoms with Gasteiger partial charge in [-0.15, -0.1) is 45.3 Å². The number of Topliss-reactive ketones (excluding diaryl/α,β-unsaturated/α-hetero) is 4. The van der Waals surface area contributed by atoms with Crippen molar-refractivity contribution in [3.63, 3.8) is 0 Å². The highest BCUT2D eigenvalue weighted by molar-refractivity contribution is 7.34. The quantitative estimate of drug-likeness (QED) is 0.0969. The van der Waals surface area contributed by atoms with Crippen molar-refractivity contribution in [2.45, 2.75) is 75.0 Å². The molecule has 62 heavy (non-hydrogen) atoms. The summed E-state index contributed by atoms with van der Waals surface area (Å²) < 4.78 is 2.73. The summed E-state index contributed by atoms with van der Waals surface area (Å²) in [5, 5.41) is 19.2. The molecule has 0 saturated heterocycles. The second-order valence-corrected chi connectivity index (χ2v) is 21.3. The van der Waals surface area contributed by atoms with Gasteiger partial charge in [0.15, 0.2) is 34.5 Å². The molecule has 0 aliphatic heterocycles. The molecular formula is C50H28N4O4S4. The second kappa shape index (κ2) is 13.1. The number of rotatable bonds is 2. The summed E-state index contributed by atoms with van der Waals surface area (Å²) in [6, 6.07) is 13.9. The van der Waals surface area contributed by atoms with Gasteiger partial charge in [0, 0.05) is 63.7 Å². The Morgan fingerprint density at radius 1 is 0.516 bits per heavy atom. The second-order valence-electron chi connectivity index (χ2n) is 17.0. The predicted molar refractivity (Wildman–Crippen MR) is 242 cm³/mol. The van der Waals surface area contributed by atoms with Crippen molar-refractivity contribution in [2.75, 3.05) is 0 Å². The lowest BCUT2D eigenvalue weighted by Crippen LogP contribution is -2.28. The van der Waals surface area contributed by atoms with E-state index in [2.05, 4.69) is 21.8 Å². The number of hydrogen-bond donors (Lipinski definition) is 0. The first kappa shape index (κ1) is 37.4. The highest BCUT2D eigenvalue weighted by Crippen LogP contribution is 2.69. The lowest BCUT2D eigenvalue weighted by Gasteiger charge is -2.35. The smallest absolute Gasteiger partial charge is 0.197 e. The number of nitriles is 2. The number of nitrogens with zero attached hydrogens (tertiary/aromatic N) is 4. The van der Waals surface area contributed by atoms with E-state index in [9.17, 15) is 29.7 Å². The third-order valence-corrected chi connectivity index (χ3v) is 19.2. The lowest BCUT2D eigenvalue weighted by atomic mass is 9.67. The number of allylic oxidation sites excluding steroid dienone is 2. The Morgan fingerprint density at radius 2 is 0.887 bits per heavy atom. The zero-order chi connectivity index (χ0) is 42.4. The summed E-state index contributed by atoms with van der Waals surface area (Å²) in [7, 11) is 0. The van der Waals surface area contributed by atoms with Crippen molar-refractivity contribution >= 4 is 101 Å². The van der Waals surface area contributed by atoms with Crippen molar-refractivity contribution in [3.8, 4) is 31.6 Å². The summed E-state index contributed by atoms with van der Waals surface area (Å²) in [6.07, 6.45) is 14.4. The summed E-state index contributed by atoms with van der Waals surface area (Å²) in [4.78, 5) is 68.3. The third kappa shape index (κ3) is 4.71. The molecule has 0 N–H and O–H groups in total. The lowest BCUT2D eigenvalue weighted by molar-refractivity contribution is 0.0975. The zero-order valence-electron chi connectivity index (χ0n) is 32.7. The van der Waals surface area contributed by atoms with Crippen LogP contribution in [0.25, 0.3) is 50.8 Å². The van der Waals surface area contributed by atoms with E-state index >= 15 is 0 Å². The fourth-order valence-corrected chi connectivity index (χ4v) is 17.4. The van der Waals surface area contributed by atoms with Gasteiger partial charge in [-0.05, 0) is 73.2 Å². The van der Waals surface area contributed by atoms with Crippen LogP contribution in [-0.4, -0.2) is 23.1 Å². The van der Waals surface area contributed by atoms with Gasteiger partial charge in [-0.2, -0.15) is 10.5 Å². The maximum Gasteiger partial charge on any atom is 0.197 e. The molecular weight excluding hydrogens is 849 g/mol. The number of benzene rings is 2. The molecule has 2 saturated carbocycles. The Bertz CT molecular complexity index is 3110. The van der Waals surface area contributed by atoms with Gasteiger partial charge < -0.3 is 0 Å². The molecule has 296 valence electrons. The molecule has 6 aromatic rings. The van der Waals surface area contributed by atoms with Crippen molar-refractivity contribution in [1.82, 2.24) is 0 Å². The predicted octanol–water partition coefficient (Wildman–Crippen LogP) is 13.3. The SMILES string of the molecule is [C-]#[N+]c1cc2c(cc1[N+]#[C-])C(=O)C(=Cc1cc3c(s1)-c1sc4c5c(sc4c1C31CCCCC1)-c1sc(C=C3C(=O)c4cc(C#N)c(C#N)cc4C3=O)cc1C51CCCCC1)C2=O. The number of carbonyl (C=O) groups is 4. The topological polar surface area (TPSA) is 125 Å². The summed E-state index contributed by atoms with van der Waals surface area (Å²) in [5.41, 5.74) is 6.30. The molecule has 0 amide bonds. The molecule has 0 bridgehead atoms. The van der Waals surface area contributed by atoms with Crippen molar-refractivity contribution < 1.29 is 19.2 Å². The van der Waals surface area contributed by atoms with Crippen LogP contribution in [-0.2, 0) is 10.8 Å². The highest BCUT2D eigenvalue weighted by atomic mass is 32.1. The van der Waals surface area contributed by atoms with Crippen LogP contribution in [0.5, 0.6) is 0 Å². The number of carbonyl (C=O) groups excluding carboxylic acids is 4. The molecule has 12 heteroatoms. The van der Waals surface area contributed by atoms with E-state index in [1.807, 2.05) is 34.8 Å². The van der Waals surface area contributed by atoms with E-state index in [1.165, 1.54) is 88.3 Å². The van der Waals surface area contributed by atoms with Crippen LogP contribution in [0.2, 0.25) is 0 Å². The van der Waals surface area contributed by atoms with E-state index in [4.69, 9.17) is 13.1 Å². The van der Waals surface area contributed by atoms with Gasteiger partial charge in [-0.1, -0.05) is 50.7 Å². The van der Waals surface area contributed by atoms with Crippen molar-refractivity contribution in [3.05, 3.63) is 136 Å². The largest absolute Gasteiger partial charge is 0.288 e. The number of thiophene rings is 4. The van der Waals surface area contributed by atoms with E-state index in [0.29, 0.717) is 0 Å². The number of hydrogen-bond acceptors (Lipinski definition) is 10. The molecule has 8 nitrogen and oxygen atoms in total. The van der Waals surface area contributed by atoms with Crippen LogP contribution >= 0.6 is 45.3 Å². The van der Waals surface area contributed by atoms with Gasteiger partial charge in [0.25, 0.3) is 0 Å². The van der Waals surface area contributed by atoms with E-state index in [1.54, 1.807) is 34.8 Å². The average Bonchev–Trinajstić information content (AvgIpc) is 4.18. The molecule has 0 unspecified atom stereocenters. The average molecular weight is 877 g/mol. The standard InChI is InChI=1S/C50H28N4O4S4/c1-53-35-19-29-30(20-36(35)54-2)42(58)32(41(29)57)16-26-18-34-44(60-26)46-38(50(34)11-7-4-8-12-50)48-47(62-46)37-45(61-48)43-33(49(37)9-5-3-6-10-49)17-25(59-43)15-31-39(55)27-13-23(21-51)24(22-52)14-28(27)40(31)56/h13-20H,3-12H2. The van der Waals surface area contributed by atoms with Crippen LogP contribution in [0, 0.1) is 35.8 Å². The van der Waals surface area contributed by atoms with E-state index in [0.717, 1.165) is 61.1 Å². The minimum atomic E-state index is -0.415. The maximum absolute atomic E-state index is 13.7. The fraction of sp³-hybridized carbons (Fsp3) is 0.240. The molecule has 2 aromatic carbocycles. The first-order chi connectivity index (χ1) is 30.1. The van der Waals surface area contributed by atoms with Crippen LogP contribution in [0.4, 0.5) is 11.4 Å². The molecule has 4 aromatic heterocycles. The monoisotopic (exact) mass is 876 g/mol. The van der Waals surface area contributed by atoms with Crippen LogP contribution < -0.4 is 0 Å². The van der Waals surface area contributed by atoms with Crippen LogP contribution in [0.15, 0.2) is 47.5 Å². The Balaban J connectivity index is 0.974. The number of fused-ring (bicyclic) bond motifs is 15. The Morgan fingerprint density at radius 3 is 1.24 bits per heavy atom. The summed E-state index contributed by atoms with van der Waals surface area (Å²) >= 11 is 7.10. The molecule has 6 aliphatic carbocycles. The van der Waals surface area contributed by atoms with E-state index in [-0.39, 0.29) is 66.7 Å². The number of ketones is 4. The Kier molecular flexibility index (Phi) is 7.88. The van der Waals surface area contributed by atoms with Gasteiger partial charge >= 0.3 is 0 Å². The van der Waals surface area contributed by atoms with Gasteiger partial charge in [0.1, 0.15) is 12.1 Å². The molecule has 2 fully saturated rings. The maximum atomic E-state index is 13.7. The Labute approximate surface area is 371 Å². The third-order valence-electron chi connectivity index (χ3n) is 14.1. The minimum absolute atomic E-state index is 0.0665. The molecule has 0 radical (unpaired) electrons. The normalized spacial score (nSPS) is 18.3. The zero-order valence-corrected chi connectivity index (χ0v) is 36.0. The molecule has 4 heterocycles. The first-order valence-corrected chi connectivity index (χ1v) is 23.8. The van der Waals surface area contributed by atoms with Gasteiger partial charge in [0.05, 0.1) is 54.6 Å². The van der Waals surface area contributed by atoms with Crippen molar-refractivity contribution in [2.24, 2.45) is 0 Å². The first-order valence-electron chi connectivity index (χ1n) is 20.6. The summed E-state index contributed by atoms with van der Waals surface area (Å²) in [6.45, 7) is 15.0. The fourth-order valence-electron chi connectivity index (χ4n) is 11.4. The van der Waals surface area contributed by atoms with Crippen LogP contribution in [0.3, 0.4) is 0 Å². The highest BCUT2D eigenvalue weighted by Gasteiger charge is 2.53. The van der Waals surface area contributed by atoms with Gasteiger partial charge in [0.2, 0.25) is 0 Å². The molecule has 12 rings (SSSR count). The summed E-state index contributed by atoms with van der Waals surface area (Å²) in [5.74, 6) is -1.64. The van der Waals surface area contributed by atoms with Crippen LogP contribution in [0.1, 0.15) is 149 Å². The minimum Gasteiger partial charge on any atom is -0.288 e. The molecule has 6 aliphatic rings. The van der Waals surface area contributed by atoms with Gasteiger partial charge in [-0.25, -0.2) is 0 Å². The van der Waals surface area contributed by atoms with Gasteiger partial charge in [-0.3, -0.25) is 28.9 Å². The Hall–Kier alpha value is -6.38. The molecule has 0 atom stereocenters.